The Balaban J connectivity index is 2.35. The number of ether oxygens (including phenoxy) is 4. The van der Waals surface area contributed by atoms with E-state index < -0.39 is 42.3 Å². The zero-order valence-electron chi connectivity index (χ0n) is 14.9. The van der Waals surface area contributed by atoms with Crippen LogP contribution in [0.1, 0.15) is 44.0 Å². The fourth-order valence-electron chi connectivity index (χ4n) is 2.90. The van der Waals surface area contributed by atoms with Crippen molar-refractivity contribution in [2.24, 2.45) is 0 Å². The third-order valence-corrected chi connectivity index (χ3v) is 3.75. The quantitative estimate of drug-likeness (QED) is 0.582. The first kappa shape index (κ1) is 19.0. The summed E-state index contributed by atoms with van der Waals surface area (Å²) in [7, 11) is 0. The molecule has 0 saturated carbocycles. The molecule has 0 amide bonds. The van der Waals surface area contributed by atoms with E-state index in [2.05, 4.69) is 0 Å². The van der Waals surface area contributed by atoms with Gasteiger partial charge in [0.15, 0.2) is 12.2 Å². The lowest BCUT2D eigenvalue weighted by molar-refractivity contribution is -0.165. The number of rotatable bonds is 5. The second kappa shape index (κ2) is 7.69. The Labute approximate surface area is 145 Å². The van der Waals surface area contributed by atoms with Crippen LogP contribution in [0, 0.1) is 13.8 Å². The van der Waals surface area contributed by atoms with Crippen LogP contribution in [0.5, 0.6) is 0 Å². The van der Waals surface area contributed by atoms with Gasteiger partial charge in [-0.1, -0.05) is 0 Å². The van der Waals surface area contributed by atoms with Crippen molar-refractivity contribution in [3.63, 3.8) is 0 Å². The highest BCUT2D eigenvalue weighted by Gasteiger charge is 2.51. The summed E-state index contributed by atoms with van der Waals surface area (Å²) in [6.07, 6.45) is -3.25. The van der Waals surface area contributed by atoms with Gasteiger partial charge in [-0.15, -0.1) is 0 Å². The SMILES string of the molecule is CC(=O)OC[C@H]1O[C@@H](c2cc(C)oc2C)[C@H](OC(C)=O)[C@@H]1OC(C)=O. The maximum atomic E-state index is 11.5. The minimum atomic E-state index is -0.902. The highest BCUT2D eigenvalue weighted by molar-refractivity contribution is 5.68. The van der Waals surface area contributed by atoms with E-state index in [-0.39, 0.29) is 6.61 Å². The third kappa shape index (κ3) is 4.60. The van der Waals surface area contributed by atoms with Crippen molar-refractivity contribution < 1.29 is 37.7 Å². The van der Waals surface area contributed by atoms with Gasteiger partial charge in [0, 0.05) is 26.3 Å². The van der Waals surface area contributed by atoms with Crippen molar-refractivity contribution in [1.29, 1.82) is 0 Å². The van der Waals surface area contributed by atoms with Gasteiger partial charge in [-0.3, -0.25) is 14.4 Å². The van der Waals surface area contributed by atoms with Crippen LogP contribution in [0.4, 0.5) is 0 Å². The Morgan fingerprint density at radius 3 is 2.08 bits per heavy atom. The summed E-state index contributed by atoms with van der Waals surface area (Å²) >= 11 is 0. The van der Waals surface area contributed by atoms with Crippen LogP contribution in [0.25, 0.3) is 0 Å². The smallest absolute Gasteiger partial charge is 0.303 e. The number of furan rings is 1. The minimum absolute atomic E-state index is 0.128. The third-order valence-electron chi connectivity index (χ3n) is 3.75. The molecule has 2 heterocycles. The summed E-state index contributed by atoms with van der Waals surface area (Å²) in [5, 5.41) is 0. The van der Waals surface area contributed by atoms with Gasteiger partial charge < -0.3 is 23.4 Å². The molecular weight excluding hydrogens is 332 g/mol. The molecule has 1 saturated heterocycles. The fourth-order valence-corrected chi connectivity index (χ4v) is 2.90. The molecule has 25 heavy (non-hydrogen) atoms. The summed E-state index contributed by atoms with van der Waals surface area (Å²) in [6.45, 7) is 7.18. The standard InChI is InChI=1S/C17H22O8/c1-8-6-13(9(2)22-8)15-17(24-12(5)20)16(23-11(4)19)14(25-15)7-21-10(3)18/h6,14-17H,7H2,1-5H3/t14-,15+,16-,17+/m1/s1. The van der Waals surface area contributed by atoms with E-state index >= 15 is 0 Å². The molecule has 138 valence electrons. The van der Waals surface area contributed by atoms with E-state index in [1.807, 2.05) is 0 Å². The normalized spacial score (nSPS) is 25.5. The molecule has 4 atom stereocenters. The summed E-state index contributed by atoms with van der Waals surface area (Å²) in [5.41, 5.74) is 0.686. The van der Waals surface area contributed by atoms with E-state index in [0.29, 0.717) is 17.1 Å². The van der Waals surface area contributed by atoms with Gasteiger partial charge in [0.05, 0.1) is 0 Å². The molecule has 2 rings (SSSR count). The van der Waals surface area contributed by atoms with Gasteiger partial charge in [0.25, 0.3) is 0 Å². The molecule has 0 aromatic carbocycles. The molecule has 1 aliphatic rings. The van der Waals surface area contributed by atoms with Crippen LogP contribution in [0.2, 0.25) is 0 Å². The summed E-state index contributed by atoms with van der Waals surface area (Å²) in [4.78, 5) is 34.1. The van der Waals surface area contributed by atoms with E-state index in [9.17, 15) is 14.4 Å². The van der Waals surface area contributed by atoms with Crippen LogP contribution in [0.3, 0.4) is 0 Å². The molecule has 0 radical (unpaired) electrons. The van der Waals surface area contributed by atoms with Gasteiger partial charge in [-0.05, 0) is 19.9 Å². The Hall–Kier alpha value is -2.35. The van der Waals surface area contributed by atoms with Crippen LogP contribution in [-0.2, 0) is 33.3 Å². The molecule has 0 aliphatic carbocycles. The highest BCUT2D eigenvalue weighted by atomic mass is 16.6. The van der Waals surface area contributed by atoms with E-state index in [4.69, 9.17) is 23.4 Å². The number of hydrogen-bond donors (Lipinski definition) is 0. The summed E-state index contributed by atoms with van der Waals surface area (Å²) in [5.74, 6) is -0.311. The first-order valence-corrected chi connectivity index (χ1v) is 7.89. The fraction of sp³-hybridized carbons (Fsp3) is 0.588. The van der Waals surface area contributed by atoms with Gasteiger partial charge in [-0.25, -0.2) is 0 Å². The second-order valence-electron chi connectivity index (χ2n) is 5.91. The van der Waals surface area contributed by atoms with Crippen LogP contribution in [0.15, 0.2) is 10.5 Å². The Morgan fingerprint density at radius 1 is 1.00 bits per heavy atom. The minimum Gasteiger partial charge on any atom is -0.466 e. The van der Waals surface area contributed by atoms with Crippen molar-refractivity contribution in [3.05, 3.63) is 23.2 Å². The molecule has 8 nitrogen and oxygen atoms in total. The van der Waals surface area contributed by atoms with Crippen molar-refractivity contribution in [2.75, 3.05) is 6.61 Å². The Bertz CT molecular complexity index is 662. The molecular formula is C17H22O8. The number of carbonyl (C=O) groups is 3. The van der Waals surface area contributed by atoms with Crippen LogP contribution < -0.4 is 0 Å². The van der Waals surface area contributed by atoms with Gasteiger partial charge >= 0.3 is 17.9 Å². The first-order chi connectivity index (χ1) is 11.7. The Kier molecular flexibility index (Phi) is 5.84. The van der Waals surface area contributed by atoms with Gasteiger partial charge in [0.1, 0.15) is 30.3 Å². The lowest BCUT2D eigenvalue weighted by Crippen LogP contribution is -2.40. The first-order valence-electron chi connectivity index (χ1n) is 7.89. The highest BCUT2D eigenvalue weighted by Crippen LogP contribution is 2.39. The van der Waals surface area contributed by atoms with Crippen molar-refractivity contribution >= 4 is 17.9 Å². The van der Waals surface area contributed by atoms with Crippen LogP contribution >= 0.6 is 0 Å². The second-order valence-corrected chi connectivity index (χ2v) is 5.91. The average molecular weight is 354 g/mol. The van der Waals surface area contributed by atoms with Gasteiger partial charge in [-0.2, -0.15) is 0 Å². The Morgan fingerprint density at radius 2 is 1.60 bits per heavy atom. The van der Waals surface area contributed by atoms with Crippen LogP contribution in [-0.4, -0.2) is 42.8 Å². The maximum Gasteiger partial charge on any atom is 0.303 e. The van der Waals surface area contributed by atoms with E-state index in [0.717, 1.165) is 0 Å². The lowest BCUT2D eigenvalue weighted by atomic mass is 10.0. The maximum absolute atomic E-state index is 11.5. The lowest BCUT2D eigenvalue weighted by Gasteiger charge is -2.23. The monoisotopic (exact) mass is 354 g/mol. The molecule has 8 heteroatoms. The predicted molar refractivity (Wildman–Crippen MR) is 83.5 cm³/mol. The van der Waals surface area contributed by atoms with Gasteiger partial charge in [0.2, 0.25) is 0 Å². The molecule has 0 unspecified atom stereocenters. The van der Waals surface area contributed by atoms with Crippen molar-refractivity contribution in [2.45, 2.75) is 59.0 Å². The number of carbonyl (C=O) groups excluding carboxylic acids is 3. The average Bonchev–Trinajstić information content (AvgIpc) is 2.96. The molecule has 1 fully saturated rings. The summed E-state index contributed by atoms with van der Waals surface area (Å²) < 4.78 is 27.1. The topological polar surface area (TPSA) is 101 Å². The molecule has 0 N–H and O–H groups in total. The van der Waals surface area contributed by atoms with E-state index in [1.165, 1.54) is 20.8 Å². The molecule has 0 spiro atoms. The summed E-state index contributed by atoms with van der Waals surface area (Å²) in [6, 6.07) is 1.77. The molecule has 1 aliphatic heterocycles. The van der Waals surface area contributed by atoms with Crippen molar-refractivity contribution in [1.82, 2.24) is 0 Å². The molecule has 1 aromatic rings. The largest absolute Gasteiger partial charge is 0.466 e. The molecule has 1 aromatic heterocycles. The number of esters is 3. The number of hydrogen-bond acceptors (Lipinski definition) is 8. The predicted octanol–water partition coefficient (Wildman–Crippen LogP) is 1.76. The zero-order chi connectivity index (χ0) is 18.7. The zero-order valence-corrected chi connectivity index (χ0v) is 14.9. The molecule has 0 bridgehead atoms. The van der Waals surface area contributed by atoms with Crippen molar-refractivity contribution in [3.8, 4) is 0 Å². The number of aryl methyl sites for hydroxylation is 2. The van der Waals surface area contributed by atoms with E-state index in [1.54, 1.807) is 19.9 Å².